The Morgan fingerprint density at radius 2 is 1.86 bits per heavy atom. The van der Waals surface area contributed by atoms with Gasteiger partial charge in [0, 0.05) is 23.9 Å². The minimum atomic E-state index is -1.23. The summed E-state index contributed by atoms with van der Waals surface area (Å²) in [7, 11) is 3.13. The molecule has 0 radical (unpaired) electrons. The molecule has 2 rings (SSSR count). The van der Waals surface area contributed by atoms with Crippen LogP contribution in [-0.4, -0.2) is 22.8 Å². The molecule has 0 aliphatic rings. The molecule has 0 bridgehead atoms. The van der Waals surface area contributed by atoms with E-state index >= 15 is 0 Å². The molecule has 0 atom stereocenters. The number of carboxylic acids is 1. The van der Waals surface area contributed by atoms with Gasteiger partial charge < -0.3 is 14.4 Å². The van der Waals surface area contributed by atoms with Gasteiger partial charge in [-0.3, -0.25) is 4.79 Å². The highest BCUT2D eigenvalue weighted by Crippen LogP contribution is 2.32. The van der Waals surface area contributed by atoms with E-state index in [1.807, 2.05) is 25.1 Å². The summed E-state index contributed by atoms with van der Waals surface area (Å²) in [6, 6.07) is 7.07. The van der Waals surface area contributed by atoms with Crippen LogP contribution in [0.15, 0.2) is 29.1 Å². The van der Waals surface area contributed by atoms with Crippen molar-refractivity contribution >= 4 is 5.97 Å². The van der Waals surface area contributed by atoms with Gasteiger partial charge in [-0.05, 0) is 31.5 Å². The molecule has 0 aliphatic carbocycles. The van der Waals surface area contributed by atoms with E-state index in [0.717, 1.165) is 11.1 Å². The van der Waals surface area contributed by atoms with Gasteiger partial charge in [0.25, 0.3) is 5.56 Å². The van der Waals surface area contributed by atoms with Crippen LogP contribution in [0.3, 0.4) is 0 Å². The van der Waals surface area contributed by atoms with Crippen molar-refractivity contribution in [1.82, 2.24) is 4.57 Å². The van der Waals surface area contributed by atoms with Gasteiger partial charge in [0.05, 0.1) is 7.11 Å². The highest BCUT2D eigenvalue weighted by atomic mass is 16.5. The molecule has 1 aromatic heterocycles. The van der Waals surface area contributed by atoms with E-state index in [-0.39, 0.29) is 5.56 Å². The second-order valence-electron chi connectivity index (χ2n) is 4.93. The molecule has 1 heterocycles. The Balaban J connectivity index is 2.81. The van der Waals surface area contributed by atoms with E-state index < -0.39 is 11.5 Å². The largest absolute Gasteiger partial charge is 0.496 e. The van der Waals surface area contributed by atoms with E-state index in [9.17, 15) is 14.7 Å². The number of nitrogens with zero attached hydrogens (tertiary/aromatic N) is 1. The smallest absolute Gasteiger partial charge is 0.341 e. The van der Waals surface area contributed by atoms with E-state index in [1.165, 1.54) is 10.6 Å². The summed E-state index contributed by atoms with van der Waals surface area (Å²) in [4.78, 5) is 23.2. The Morgan fingerprint density at radius 1 is 1.19 bits per heavy atom. The predicted octanol–water partition coefficient (Wildman–Crippen LogP) is 2.38. The van der Waals surface area contributed by atoms with Crippen LogP contribution in [0.5, 0.6) is 5.75 Å². The summed E-state index contributed by atoms with van der Waals surface area (Å²) in [5, 5.41) is 9.18. The maximum absolute atomic E-state index is 12.0. The van der Waals surface area contributed by atoms with Crippen LogP contribution >= 0.6 is 0 Å². The van der Waals surface area contributed by atoms with Crippen molar-refractivity contribution in [3.05, 3.63) is 51.4 Å². The lowest BCUT2D eigenvalue weighted by Gasteiger charge is -2.15. The van der Waals surface area contributed by atoms with Gasteiger partial charge in [-0.2, -0.15) is 0 Å². The van der Waals surface area contributed by atoms with Gasteiger partial charge >= 0.3 is 5.97 Å². The fourth-order valence-corrected chi connectivity index (χ4v) is 2.27. The molecule has 5 heteroatoms. The van der Waals surface area contributed by atoms with Crippen LogP contribution in [0.2, 0.25) is 0 Å². The van der Waals surface area contributed by atoms with Crippen LogP contribution < -0.4 is 10.3 Å². The molecule has 0 aliphatic heterocycles. The molecule has 0 unspecified atom stereocenters. The number of aromatic nitrogens is 1. The lowest BCUT2D eigenvalue weighted by molar-refractivity contribution is 0.0694. The van der Waals surface area contributed by atoms with E-state index in [1.54, 1.807) is 21.1 Å². The minimum Gasteiger partial charge on any atom is -0.496 e. The number of rotatable bonds is 3. The molecule has 0 amide bonds. The zero-order chi connectivity index (χ0) is 15.7. The lowest BCUT2D eigenvalue weighted by Crippen LogP contribution is -2.26. The van der Waals surface area contributed by atoms with E-state index in [2.05, 4.69) is 0 Å². The van der Waals surface area contributed by atoms with Crippen molar-refractivity contribution in [3.8, 4) is 16.9 Å². The Hall–Kier alpha value is -2.56. The van der Waals surface area contributed by atoms with Gasteiger partial charge in [0.2, 0.25) is 0 Å². The van der Waals surface area contributed by atoms with Crippen molar-refractivity contribution in [2.45, 2.75) is 13.8 Å². The first-order valence-electron chi connectivity index (χ1n) is 6.45. The normalized spacial score (nSPS) is 10.5. The zero-order valence-electron chi connectivity index (χ0n) is 12.4. The average Bonchev–Trinajstić information content (AvgIpc) is 2.45. The summed E-state index contributed by atoms with van der Waals surface area (Å²) >= 11 is 0. The quantitative estimate of drug-likeness (QED) is 0.941. The second kappa shape index (κ2) is 5.44. The van der Waals surface area contributed by atoms with Crippen LogP contribution in [0.1, 0.15) is 21.6 Å². The topological polar surface area (TPSA) is 68.5 Å². The fraction of sp³-hybridized carbons (Fsp3) is 0.250. The van der Waals surface area contributed by atoms with Crippen molar-refractivity contribution < 1.29 is 14.6 Å². The molecule has 0 spiro atoms. The van der Waals surface area contributed by atoms with E-state index in [4.69, 9.17) is 4.74 Å². The number of pyridine rings is 1. The van der Waals surface area contributed by atoms with Gasteiger partial charge in [0.15, 0.2) is 0 Å². The van der Waals surface area contributed by atoms with Gasteiger partial charge in [-0.1, -0.05) is 12.1 Å². The molecule has 0 saturated carbocycles. The van der Waals surface area contributed by atoms with Crippen molar-refractivity contribution in [3.63, 3.8) is 0 Å². The summed E-state index contributed by atoms with van der Waals surface area (Å²) in [5.41, 5.74) is 2.39. The molecule has 0 fully saturated rings. The number of hydrogen-bond acceptors (Lipinski definition) is 3. The monoisotopic (exact) mass is 287 g/mol. The summed E-state index contributed by atoms with van der Waals surface area (Å²) in [6.45, 7) is 3.73. The predicted molar refractivity (Wildman–Crippen MR) is 80.1 cm³/mol. The van der Waals surface area contributed by atoms with Gasteiger partial charge in [-0.15, -0.1) is 0 Å². The molecule has 0 saturated heterocycles. The maximum atomic E-state index is 12.0. The van der Waals surface area contributed by atoms with Crippen LogP contribution in [0.25, 0.3) is 11.1 Å². The minimum absolute atomic E-state index is 0.249. The third-order valence-electron chi connectivity index (χ3n) is 3.59. The number of methoxy groups -OCH3 is 1. The molecule has 110 valence electrons. The first kappa shape index (κ1) is 14.8. The number of ether oxygens (including phenoxy) is 1. The van der Waals surface area contributed by atoms with Crippen LogP contribution in [0, 0.1) is 13.8 Å². The fourth-order valence-electron chi connectivity index (χ4n) is 2.27. The molecule has 21 heavy (non-hydrogen) atoms. The first-order valence-corrected chi connectivity index (χ1v) is 6.45. The molecular formula is C16H17NO4. The number of carboxylic acid groups (broad SMARTS) is 1. The number of benzene rings is 1. The van der Waals surface area contributed by atoms with Crippen LogP contribution in [0.4, 0.5) is 0 Å². The van der Waals surface area contributed by atoms with Crippen LogP contribution in [-0.2, 0) is 7.05 Å². The Kier molecular flexibility index (Phi) is 3.84. The summed E-state index contributed by atoms with van der Waals surface area (Å²) in [6.07, 6.45) is 0. The lowest BCUT2D eigenvalue weighted by atomic mass is 9.99. The third kappa shape index (κ3) is 2.54. The second-order valence-corrected chi connectivity index (χ2v) is 4.93. The number of hydrogen-bond donors (Lipinski definition) is 1. The molecular weight excluding hydrogens is 270 g/mol. The summed E-state index contributed by atoms with van der Waals surface area (Å²) in [5.74, 6) is -0.587. The van der Waals surface area contributed by atoms with Crippen molar-refractivity contribution in [2.24, 2.45) is 7.05 Å². The standard InChI is InChI=1S/C16H17NO4/c1-9-5-6-11(14(7-9)21-4)12-8-13(16(19)20)15(18)17(3)10(12)2/h5-8H,1-4H3,(H,19,20). The molecule has 5 nitrogen and oxygen atoms in total. The molecule has 1 aromatic carbocycles. The van der Waals surface area contributed by atoms with E-state index in [0.29, 0.717) is 17.0 Å². The highest BCUT2D eigenvalue weighted by molar-refractivity contribution is 5.89. The summed E-state index contributed by atoms with van der Waals surface area (Å²) < 4.78 is 6.72. The SMILES string of the molecule is COc1cc(C)ccc1-c1cc(C(=O)O)c(=O)n(C)c1C. The maximum Gasteiger partial charge on any atom is 0.341 e. The number of carbonyl (C=O) groups is 1. The van der Waals surface area contributed by atoms with Gasteiger partial charge in [0.1, 0.15) is 11.3 Å². The Bertz CT molecular complexity index is 775. The Labute approximate surface area is 122 Å². The number of aryl methyl sites for hydroxylation is 1. The zero-order valence-corrected chi connectivity index (χ0v) is 12.4. The third-order valence-corrected chi connectivity index (χ3v) is 3.59. The molecule has 2 aromatic rings. The average molecular weight is 287 g/mol. The highest BCUT2D eigenvalue weighted by Gasteiger charge is 2.17. The Morgan fingerprint density at radius 3 is 2.43 bits per heavy atom. The number of aromatic carboxylic acids is 1. The molecule has 1 N–H and O–H groups in total. The van der Waals surface area contributed by atoms with Gasteiger partial charge in [-0.25, -0.2) is 4.79 Å². The first-order chi connectivity index (χ1) is 9.86. The van der Waals surface area contributed by atoms with Crippen molar-refractivity contribution in [1.29, 1.82) is 0 Å². The van der Waals surface area contributed by atoms with Crippen molar-refractivity contribution in [2.75, 3.05) is 7.11 Å².